The normalized spacial score (nSPS) is 20.7. The first kappa shape index (κ1) is 32.1. The van der Waals surface area contributed by atoms with Crippen molar-refractivity contribution >= 4 is 11.5 Å². The molecule has 230 valence electrons. The molecule has 42 heavy (non-hydrogen) atoms. The third kappa shape index (κ3) is 4.02. The molecule has 0 heterocycles. The Balaban J connectivity index is 1.96. The Labute approximate surface area is 241 Å². The summed E-state index contributed by atoms with van der Waals surface area (Å²) >= 11 is 0. The molecule has 4 rings (SSSR count). The van der Waals surface area contributed by atoms with Crippen LogP contribution in [0.4, 0.5) is 35.1 Å². The second-order valence-electron chi connectivity index (χ2n) is 14.2. The van der Waals surface area contributed by atoms with Gasteiger partial charge in [-0.2, -0.15) is 35.1 Å². The summed E-state index contributed by atoms with van der Waals surface area (Å²) in [4.78, 5) is 3.06. The second kappa shape index (κ2) is 8.65. The first-order valence-corrected chi connectivity index (χ1v) is 13.6. The van der Waals surface area contributed by atoms with Gasteiger partial charge in [-0.25, -0.2) is 4.99 Å². The van der Waals surface area contributed by atoms with E-state index in [1.165, 1.54) is 17.7 Å². The van der Waals surface area contributed by atoms with E-state index in [2.05, 4.69) is 58.7 Å². The van der Waals surface area contributed by atoms with Crippen molar-refractivity contribution in [3.05, 3.63) is 58.1 Å². The van der Waals surface area contributed by atoms with Gasteiger partial charge in [0.25, 0.3) is 0 Å². The van der Waals surface area contributed by atoms with Crippen LogP contribution >= 0.6 is 0 Å². The van der Waals surface area contributed by atoms with Crippen molar-refractivity contribution in [1.29, 1.82) is 5.41 Å². The van der Waals surface area contributed by atoms with E-state index in [9.17, 15) is 35.1 Å². The van der Waals surface area contributed by atoms with Crippen molar-refractivity contribution in [2.24, 2.45) is 15.8 Å². The third-order valence-corrected chi connectivity index (χ3v) is 10.7. The van der Waals surface area contributed by atoms with Gasteiger partial charge in [0.2, 0.25) is 5.84 Å². The zero-order valence-electron chi connectivity index (χ0n) is 25.4. The van der Waals surface area contributed by atoms with Crippen LogP contribution < -0.4 is 0 Å². The molecule has 0 bridgehead atoms. The minimum Gasteiger partial charge on any atom is -0.281 e. The van der Waals surface area contributed by atoms with Gasteiger partial charge >= 0.3 is 18.3 Å². The molecule has 0 fully saturated rings. The van der Waals surface area contributed by atoms with Crippen molar-refractivity contribution < 1.29 is 35.1 Å². The molecule has 2 nitrogen and oxygen atoms in total. The summed E-state index contributed by atoms with van der Waals surface area (Å²) in [5, 5.41) is 7.40. The van der Waals surface area contributed by atoms with Gasteiger partial charge in [0.1, 0.15) is 5.41 Å². The maximum absolute atomic E-state index is 14.2. The van der Waals surface area contributed by atoms with Gasteiger partial charge in [-0.3, -0.25) is 5.41 Å². The molecule has 10 heteroatoms. The number of halogens is 8. The van der Waals surface area contributed by atoms with E-state index in [1.54, 1.807) is 6.07 Å². The molecule has 0 atom stereocenters. The van der Waals surface area contributed by atoms with Crippen molar-refractivity contribution in [3.63, 3.8) is 0 Å². The predicted octanol–water partition coefficient (Wildman–Crippen LogP) is 10.1. The zero-order valence-corrected chi connectivity index (χ0v) is 25.4. The topological polar surface area (TPSA) is 36.2 Å². The monoisotopic (exact) mass is 600 g/mol. The highest BCUT2D eigenvalue weighted by Crippen LogP contribution is 2.64. The van der Waals surface area contributed by atoms with E-state index in [0.717, 1.165) is 22.3 Å². The molecule has 0 aliphatic heterocycles. The molecule has 0 unspecified atom stereocenters. The lowest BCUT2D eigenvalue weighted by Crippen LogP contribution is -2.45. The highest BCUT2D eigenvalue weighted by molar-refractivity contribution is 6.12. The van der Waals surface area contributed by atoms with Gasteiger partial charge in [-0.1, -0.05) is 73.6 Å². The predicted molar refractivity (Wildman–Crippen MR) is 149 cm³/mol. The molecule has 1 N–H and O–H groups in total. The van der Waals surface area contributed by atoms with E-state index in [-0.39, 0.29) is 21.8 Å². The lowest BCUT2D eigenvalue weighted by molar-refractivity contribution is -0.249. The quantitative estimate of drug-likeness (QED) is 0.207. The minimum atomic E-state index is -6.20. The number of alkyl halides is 8. The van der Waals surface area contributed by atoms with Crippen LogP contribution in [0.2, 0.25) is 0 Å². The van der Waals surface area contributed by atoms with E-state index < -0.39 is 40.7 Å². The maximum Gasteiger partial charge on any atom is 0.461 e. The number of hydrogen-bond acceptors (Lipinski definition) is 1. The summed E-state index contributed by atoms with van der Waals surface area (Å²) in [6.45, 7) is 18.3. The molecular weight excluding hydrogens is 564 g/mol. The average molecular weight is 601 g/mol. The number of amidine groups is 1. The van der Waals surface area contributed by atoms with Gasteiger partial charge < -0.3 is 0 Å². The van der Waals surface area contributed by atoms with Crippen molar-refractivity contribution in [2.75, 3.05) is 0 Å². The maximum atomic E-state index is 14.2. The summed E-state index contributed by atoms with van der Waals surface area (Å²) in [6.07, 6.45) is -11.3. The van der Waals surface area contributed by atoms with Crippen LogP contribution in [0.25, 0.3) is 11.1 Å². The molecule has 0 saturated carbocycles. The first-order chi connectivity index (χ1) is 18.6. The third-order valence-electron chi connectivity index (χ3n) is 10.7. The van der Waals surface area contributed by atoms with Gasteiger partial charge in [0.05, 0.1) is 5.71 Å². The Morgan fingerprint density at radius 3 is 1.60 bits per heavy atom. The number of rotatable bonds is 3. The average Bonchev–Trinajstić information content (AvgIpc) is 3.10. The summed E-state index contributed by atoms with van der Waals surface area (Å²) in [5.41, 5.74) is -0.102. The lowest BCUT2D eigenvalue weighted by Gasteiger charge is -2.44. The number of fused-ring (bicyclic) bond motifs is 4. The van der Waals surface area contributed by atoms with Crippen LogP contribution in [-0.2, 0) is 16.2 Å². The second-order valence-corrected chi connectivity index (χ2v) is 14.2. The number of aliphatic imine (C=N–C) groups is 1. The van der Waals surface area contributed by atoms with Crippen LogP contribution in [0.5, 0.6) is 0 Å². The van der Waals surface area contributed by atoms with Crippen LogP contribution in [0.1, 0.15) is 97.1 Å². The van der Waals surface area contributed by atoms with Crippen LogP contribution in [-0.4, -0.2) is 29.8 Å². The molecular formula is C32H36F8N2. The summed E-state index contributed by atoms with van der Waals surface area (Å²) < 4.78 is 109. The summed E-state index contributed by atoms with van der Waals surface area (Å²) in [5.74, 6) is -8.24. The van der Waals surface area contributed by atoms with E-state index in [1.807, 2.05) is 13.8 Å². The highest BCUT2D eigenvalue weighted by Gasteiger charge is 2.62. The number of benzene rings is 2. The van der Waals surface area contributed by atoms with Crippen LogP contribution in [0, 0.1) is 16.2 Å². The van der Waals surface area contributed by atoms with Gasteiger partial charge in [-0.15, -0.1) is 0 Å². The molecule has 2 aromatic carbocycles. The fourth-order valence-corrected chi connectivity index (χ4v) is 6.43. The van der Waals surface area contributed by atoms with E-state index in [0.29, 0.717) is 19.4 Å². The van der Waals surface area contributed by atoms with Gasteiger partial charge in [-0.05, 0) is 81.2 Å². The molecule has 0 radical (unpaired) electrons. The molecule has 2 aliphatic carbocycles. The van der Waals surface area contributed by atoms with Crippen molar-refractivity contribution in [1.82, 2.24) is 0 Å². The van der Waals surface area contributed by atoms with E-state index >= 15 is 0 Å². The molecule has 2 aromatic rings. The van der Waals surface area contributed by atoms with Gasteiger partial charge in [0.15, 0.2) is 0 Å². The Kier molecular flexibility index (Phi) is 6.62. The van der Waals surface area contributed by atoms with Crippen LogP contribution in [0.15, 0.2) is 35.3 Å². The van der Waals surface area contributed by atoms with Crippen molar-refractivity contribution in [2.45, 2.75) is 104 Å². The Morgan fingerprint density at radius 2 is 1.12 bits per heavy atom. The highest BCUT2D eigenvalue weighted by atomic mass is 19.4. The zero-order chi connectivity index (χ0) is 32.4. The number of nitrogens with one attached hydrogen (secondary N) is 1. The molecule has 0 amide bonds. The fraction of sp³-hybridized carbons (Fsp3) is 0.562. The molecule has 2 aliphatic rings. The fourth-order valence-electron chi connectivity index (χ4n) is 6.43. The Hall–Kier alpha value is -2.78. The van der Waals surface area contributed by atoms with Gasteiger partial charge in [0, 0.05) is 5.41 Å². The first-order valence-electron chi connectivity index (χ1n) is 13.6. The molecule has 0 spiro atoms. The number of nitrogens with zero attached hydrogens (tertiary/aromatic N) is 1. The lowest BCUT2D eigenvalue weighted by atomic mass is 9.59. The minimum absolute atomic E-state index is 0.105. The van der Waals surface area contributed by atoms with E-state index in [4.69, 9.17) is 5.41 Å². The Morgan fingerprint density at radius 1 is 0.643 bits per heavy atom. The summed E-state index contributed by atoms with van der Waals surface area (Å²) in [6, 6.07) is 8.47. The molecule has 0 saturated heterocycles. The largest absolute Gasteiger partial charge is 0.461 e. The Bertz CT molecular complexity index is 1520. The summed E-state index contributed by atoms with van der Waals surface area (Å²) in [7, 11) is 0. The standard InChI is InChI=1S/C32H36F8N2/c1-25(2)19-13-16(23(28(7,8)31(35,36)37)42-24(41)30(33,34)32(38,39)40)11-12-17(19)18-14-21-22(15-20(18)25)27(5,6)29(9,10)26(21,3)4/h11-15,41H,1-10H3/b41-24?,42-23-. The number of hydrogen-bond donors (Lipinski definition) is 1. The SMILES string of the molecule is CC1(C)c2cc(/C(=N/C(=N)C(F)(F)C(F)(F)F)C(C)(C)C(F)(F)F)ccc2-c2cc3c(cc21)C(C)(C)C(C)(C)C3(C)C. The van der Waals surface area contributed by atoms with Crippen molar-refractivity contribution in [3.8, 4) is 11.1 Å². The molecule has 0 aromatic heterocycles. The van der Waals surface area contributed by atoms with Crippen LogP contribution in [0.3, 0.4) is 0 Å². The smallest absolute Gasteiger partial charge is 0.281 e.